The number of benzene rings is 2. The SMILES string of the molecule is CCC1(O)CN2CCC3=C(Cc4ccccc43)C(C(=O)OC)(c3cc4c(cc3OC)N(C)C3C(C(=O)OC)C(C(=O)OC)C5(CC)C=CCN6CCC43C65)CC(O)(C2)C1. The Morgan fingerprint density at radius 1 is 0.898 bits per heavy atom. The molecule has 2 aromatic rings. The summed E-state index contributed by atoms with van der Waals surface area (Å²) in [6, 6.07) is 11.7. The van der Waals surface area contributed by atoms with E-state index < -0.39 is 63.2 Å². The number of rotatable bonds is 7. The molecule has 0 radical (unpaired) electrons. The fourth-order valence-electron chi connectivity index (χ4n) is 14.1. The highest BCUT2D eigenvalue weighted by Gasteiger charge is 2.75. The molecule has 2 bridgehead atoms. The number of hydrogen-bond donors (Lipinski definition) is 2. The van der Waals surface area contributed by atoms with Crippen LogP contribution in [0.15, 0.2) is 54.1 Å². The molecule has 2 aliphatic carbocycles. The van der Waals surface area contributed by atoms with Crippen molar-refractivity contribution in [2.24, 2.45) is 17.3 Å². The minimum absolute atomic E-state index is 0.0356. The fraction of sp³-hybridized carbons (Fsp3) is 0.596. The molecule has 3 fully saturated rings. The molecule has 0 amide bonds. The quantitative estimate of drug-likeness (QED) is 0.236. The molecule has 2 N–H and O–H groups in total. The van der Waals surface area contributed by atoms with Gasteiger partial charge in [-0.3, -0.25) is 24.2 Å². The average Bonchev–Trinajstić information content (AvgIpc) is 3.90. The Morgan fingerprint density at radius 2 is 1.66 bits per heavy atom. The van der Waals surface area contributed by atoms with Gasteiger partial charge in [0.25, 0.3) is 0 Å². The van der Waals surface area contributed by atoms with Crippen molar-refractivity contribution in [3.63, 3.8) is 0 Å². The first kappa shape index (κ1) is 40.2. The van der Waals surface area contributed by atoms with Gasteiger partial charge in [-0.05, 0) is 72.6 Å². The first-order chi connectivity index (χ1) is 28.2. The molecule has 0 aromatic heterocycles. The molecule has 5 heterocycles. The van der Waals surface area contributed by atoms with Crippen LogP contribution in [0.3, 0.4) is 0 Å². The Bertz CT molecular complexity index is 2170. The van der Waals surface area contributed by atoms with E-state index in [1.807, 2.05) is 32.2 Å². The summed E-state index contributed by atoms with van der Waals surface area (Å²) in [5, 5.41) is 25.0. The summed E-state index contributed by atoms with van der Waals surface area (Å²) in [5.74, 6) is -2.63. The van der Waals surface area contributed by atoms with Gasteiger partial charge in [-0.25, -0.2) is 0 Å². The number of hydrogen-bond acceptors (Lipinski definition) is 12. The number of carbonyl (C=O) groups excluding carboxylic acids is 3. The second-order valence-electron chi connectivity index (χ2n) is 18.5. The highest BCUT2D eigenvalue weighted by molar-refractivity contribution is 5.95. The van der Waals surface area contributed by atoms with Crippen molar-refractivity contribution in [2.45, 2.75) is 92.9 Å². The minimum Gasteiger partial charge on any atom is -0.496 e. The first-order valence-corrected chi connectivity index (χ1v) is 21.3. The molecule has 1 spiro atoms. The van der Waals surface area contributed by atoms with Crippen molar-refractivity contribution >= 4 is 29.2 Å². The van der Waals surface area contributed by atoms with Crippen LogP contribution >= 0.6 is 0 Å². The molecule has 12 nitrogen and oxygen atoms in total. The average molecular weight is 810 g/mol. The van der Waals surface area contributed by atoms with Crippen LogP contribution in [0.4, 0.5) is 5.69 Å². The molecule has 9 rings (SSSR count). The van der Waals surface area contributed by atoms with Gasteiger partial charge < -0.3 is 34.1 Å². The molecular formula is C47H59N3O9. The first-order valence-electron chi connectivity index (χ1n) is 21.3. The van der Waals surface area contributed by atoms with Crippen LogP contribution in [0.5, 0.6) is 5.75 Å². The molecule has 5 aliphatic heterocycles. The molecule has 7 aliphatic rings. The normalized spacial score (nSPS) is 37.8. The van der Waals surface area contributed by atoms with E-state index in [0.29, 0.717) is 63.1 Å². The van der Waals surface area contributed by atoms with E-state index in [9.17, 15) is 19.8 Å². The number of methoxy groups -OCH3 is 4. The second-order valence-corrected chi connectivity index (χ2v) is 18.5. The standard InChI is InChI=1S/C47H59N3O9/c1-8-43(54)24-44(55)25-47(42(53)59-7,31-21-28-13-10-11-14-29(28)30(31)15-19-49(26-43)27-44)33-22-32-34(23-35(33)56-4)48(3)38-36(39(51)57-5)37(40(52)58-6)45(9-2)16-12-18-50-20-17-46(32,38)41(45)50/h10-14,16,22-23,36-38,41,54-55H,8-9,15,17-21,24-27H2,1-7H3. The Morgan fingerprint density at radius 3 is 2.36 bits per heavy atom. The highest BCUT2D eigenvalue weighted by Crippen LogP contribution is 2.69. The van der Waals surface area contributed by atoms with Gasteiger partial charge in [0.15, 0.2) is 0 Å². The maximum absolute atomic E-state index is 15.4. The van der Waals surface area contributed by atoms with Gasteiger partial charge in [-0.2, -0.15) is 0 Å². The molecular weight excluding hydrogens is 751 g/mol. The third-order valence-corrected chi connectivity index (χ3v) is 16.1. The number of anilines is 1. The molecule has 12 heteroatoms. The highest BCUT2D eigenvalue weighted by atomic mass is 16.5. The molecule has 10 atom stereocenters. The predicted octanol–water partition coefficient (Wildman–Crippen LogP) is 4.18. The van der Waals surface area contributed by atoms with Gasteiger partial charge in [0.2, 0.25) is 0 Å². The molecule has 2 saturated heterocycles. The summed E-state index contributed by atoms with van der Waals surface area (Å²) < 4.78 is 23.5. The molecule has 2 aromatic carbocycles. The lowest BCUT2D eigenvalue weighted by Gasteiger charge is -2.61. The number of ether oxygens (including phenoxy) is 4. The largest absolute Gasteiger partial charge is 0.496 e. The van der Waals surface area contributed by atoms with Gasteiger partial charge in [0.1, 0.15) is 11.2 Å². The molecule has 59 heavy (non-hydrogen) atoms. The third-order valence-electron chi connectivity index (χ3n) is 16.1. The van der Waals surface area contributed by atoms with Crippen molar-refractivity contribution in [2.75, 3.05) is 73.1 Å². The van der Waals surface area contributed by atoms with Crippen molar-refractivity contribution in [3.05, 3.63) is 76.4 Å². The number of esters is 3. The predicted molar refractivity (Wildman–Crippen MR) is 221 cm³/mol. The lowest BCUT2D eigenvalue weighted by molar-refractivity contribution is -0.174. The van der Waals surface area contributed by atoms with E-state index in [1.165, 1.54) is 21.3 Å². The Kier molecular flexibility index (Phi) is 9.47. The topological polar surface area (TPSA) is 138 Å². The summed E-state index contributed by atoms with van der Waals surface area (Å²) in [4.78, 5) is 50.7. The summed E-state index contributed by atoms with van der Waals surface area (Å²) in [6.07, 6.45) is 7.18. The summed E-state index contributed by atoms with van der Waals surface area (Å²) in [5.41, 5.74) is 0.898. The van der Waals surface area contributed by atoms with Gasteiger partial charge in [-0.1, -0.05) is 50.3 Å². The number of likely N-dealkylation sites (N-methyl/N-ethyl adjacent to an activating group) is 1. The maximum Gasteiger partial charge on any atom is 0.320 e. The van der Waals surface area contributed by atoms with E-state index in [2.05, 4.69) is 52.0 Å². The maximum atomic E-state index is 15.4. The summed E-state index contributed by atoms with van der Waals surface area (Å²) in [7, 11) is 7.77. The number of carbonyl (C=O) groups is 3. The zero-order chi connectivity index (χ0) is 41.9. The Labute approximate surface area is 347 Å². The lowest BCUT2D eigenvalue weighted by Crippen LogP contribution is -2.72. The number of fused-ring (bicyclic) bond motifs is 5. The minimum atomic E-state index is -1.54. The Hall–Kier alpha value is -4.23. The van der Waals surface area contributed by atoms with Crippen LogP contribution in [0.25, 0.3) is 5.57 Å². The zero-order valence-corrected chi connectivity index (χ0v) is 35.5. The van der Waals surface area contributed by atoms with Crippen LogP contribution in [-0.4, -0.2) is 129 Å². The van der Waals surface area contributed by atoms with Gasteiger partial charge in [-0.15, -0.1) is 0 Å². The van der Waals surface area contributed by atoms with E-state index in [1.54, 1.807) is 7.11 Å². The van der Waals surface area contributed by atoms with Crippen LogP contribution in [0, 0.1) is 17.3 Å². The van der Waals surface area contributed by atoms with Crippen molar-refractivity contribution in [1.82, 2.24) is 9.80 Å². The van der Waals surface area contributed by atoms with Crippen LogP contribution < -0.4 is 9.64 Å². The molecule has 1 saturated carbocycles. The summed E-state index contributed by atoms with van der Waals surface area (Å²) in [6.45, 7) is 6.79. The monoisotopic (exact) mass is 809 g/mol. The van der Waals surface area contributed by atoms with E-state index >= 15 is 4.79 Å². The van der Waals surface area contributed by atoms with Crippen molar-refractivity contribution in [1.29, 1.82) is 0 Å². The second kappa shape index (κ2) is 13.9. The number of piperidine rings is 1. The van der Waals surface area contributed by atoms with Crippen LogP contribution in [-0.2, 0) is 45.8 Å². The Balaban J connectivity index is 1.35. The summed E-state index contributed by atoms with van der Waals surface area (Å²) >= 11 is 0. The van der Waals surface area contributed by atoms with Gasteiger partial charge in [0.05, 0.1) is 57.5 Å². The van der Waals surface area contributed by atoms with Crippen LogP contribution in [0.1, 0.15) is 74.6 Å². The third kappa shape index (κ3) is 5.31. The zero-order valence-electron chi connectivity index (χ0n) is 35.5. The smallest absolute Gasteiger partial charge is 0.320 e. The van der Waals surface area contributed by atoms with Crippen molar-refractivity contribution in [3.8, 4) is 5.75 Å². The van der Waals surface area contributed by atoms with Gasteiger partial charge in [0, 0.05) is 80.3 Å². The lowest BCUT2D eigenvalue weighted by atomic mass is 9.46. The van der Waals surface area contributed by atoms with E-state index in [-0.39, 0.29) is 25.4 Å². The van der Waals surface area contributed by atoms with Crippen LogP contribution in [0.2, 0.25) is 0 Å². The molecule has 316 valence electrons. The fourth-order valence-corrected chi connectivity index (χ4v) is 14.1. The number of nitrogens with zero attached hydrogens (tertiary/aromatic N) is 3. The molecule has 10 unspecified atom stereocenters. The van der Waals surface area contributed by atoms with E-state index in [0.717, 1.165) is 40.1 Å². The van der Waals surface area contributed by atoms with E-state index in [4.69, 9.17) is 18.9 Å². The number of aliphatic hydroxyl groups is 2. The van der Waals surface area contributed by atoms with Gasteiger partial charge >= 0.3 is 17.9 Å². The van der Waals surface area contributed by atoms with Crippen molar-refractivity contribution < 1.29 is 43.5 Å².